The second kappa shape index (κ2) is 5.94. The van der Waals surface area contributed by atoms with Crippen LogP contribution in [0.2, 0.25) is 0 Å². The molecule has 0 heterocycles. The fourth-order valence-corrected chi connectivity index (χ4v) is 2.59. The van der Waals surface area contributed by atoms with Crippen molar-refractivity contribution in [1.29, 1.82) is 0 Å². The third-order valence-electron chi connectivity index (χ3n) is 2.22. The van der Waals surface area contributed by atoms with Gasteiger partial charge in [-0.15, -0.1) is 0 Å². The smallest absolute Gasteiger partial charge is 0.321 e. The molecule has 0 bridgehead atoms. The molecule has 0 aromatic heterocycles. The van der Waals surface area contributed by atoms with Crippen LogP contribution in [0.4, 0.5) is 0 Å². The lowest BCUT2D eigenvalue weighted by Gasteiger charge is -2.11. The van der Waals surface area contributed by atoms with Crippen molar-refractivity contribution in [2.75, 3.05) is 7.11 Å². The molecule has 100 valence electrons. The summed E-state index contributed by atoms with van der Waals surface area (Å²) in [5.41, 5.74) is 0.698. The minimum Gasteiger partial charge on any atom is -0.480 e. The Morgan fingerprint density at radius 3 is 2.72 bits per heavy atom. The fraction of sp³-hybridized carbons (Fsp3) is 0.364. The lowest BCUT2D eigenvalue weighted by Crippen LogP contribution is -2.38. The van der Waals surface area contributed by atoms with E-state index in [4.69, 9.17) is 9.84 Å². The number of carboxylic acids is 1. The van der Waals surface area contributed by atoms with Crippen molar-refractivity contribution >= 4 is 16.0 Å². The second-order valence-electron chi connectivity index (χ2n) is 3.76. The first-order valence-electron chi connectivity index (χ1n) is 5.20. The average Bonchev–Trinajstić information content (AvgIpc) is 2.29. The Hall–Kier alpha value is -1.44. The molecule has 1 atom stereocenters. The molecule has 1 aromatic rings. The number of hydrogen-bond acceptors (Lipinski definition) is 4. The fourth-order valence-electron chi connectivity index (χ4n) is 1.32. The van der Waals surface area contributed by atoms with Crippen LogP contribution in [0.1, 0.15) is 12.5 Å². The number of carbonyl (C=O) groups is 1. The largest absolute Gasteiger partial charge is 0.480 e. The minimum absolute atomic E-state index is 0.0187. The Morgan fingerprint density at radius 1 is 1.50 bits per heavy atom. The van der Waals surface area contributed by atoms with Crippen LogP contribution in [-0.2, 0) is 26.2 Å². The predicted molar refractivity (Wildman–Crippen MR) is 64.6 cm³/mol. The number of rotatable bonds is 6. The summed E-state index contributed by atoms with van der Waals surface area (Å²) in [5.74, 6) is -1.23. The lowest BCUT2D eigenvalue weighted by atomic mass is 10.2. The van der Waals surface area contributed by atoms with E-state index in [1.54, 1.807) is 12.1 Å². The van der Waals surface area contributed by atoms with Crippen LogP contribution >= 0.6 is 0 Å². The Balaban J connectivity index is 2.97. The normalized spacial score (nSPS) is 13.2. The van der Waals surface area contributed by atoms with E-state index in [0.29, 0.717) is 5.56 Å². The van der Waals surface area contributed by atoms with E-state index in [2.05, 4.69) is 4.72 Å². The van der Waals surface area contributed by atoms with Gasteiger partial charge in [0.25, 0.3) is 0 Å². The maximum Gasteiger partial charge on any atom is 0.321 e. The Labute approximate surface area is 106 Å². The van der Waals surface area contributed by atoms with E-state index < -0.39 is 22.0 Å². The number of nitrogens with one attached hydrogen (secondary N) is 1. The molecule has 0 aliphatic rings. The van der Waals surface area contributed by atoms with Crippen LogP contribution in [0.25, 0.3) is 0 Å². The van der Waals surface area contributed by atoms with Gasteiger partial charge in [-0.2, -0.15) is 4.72 Å². The van der Waals surface area contributed by atoms with Crippen LogP contribution in [0.15, 0.2) is 29.2 Å². The minimum atomic E-state index is -3.83. The first kappa shape index (κ1) is 14.6. The van der Waals surface area contributed by atoms with E-state index in [1.165, 1.54) is 26.2 Å². The highest BCUT2D eigenvalue weighted by Crippen LogP contribution is 2.12. The number of methoxy groups -OCH3 is 1. The predicted octanol–water partition coefficient (Wildman–Crippen LogP) is 0.584. The quantitative estimate of drug-likeness (QED) is 0.791. The summed E-state index contributed by atoms with van der Waals surface area (Å²) in [6.07, 6.45) is 0. The van der Waals surface area contributed by atoms with Crippen molar-refractivity contribution in [3.05, 3.63) is 29.8 Å². The molecule has 0 fully saturated rings. The third-order valence-corrected chi connectivity index (χ3v) is 3.76. The molecule has 1 rings (SSSR count). The number of aliphatic carboxylic acids is 1. The molecule has 18 heavy (non-hydrogen) atoms. The van der Waals surface area contributed by atoms with Gasteiger partial charge in [0.2, 0.25) is 10.0 Å². The molecule has 1 unspecified atom stereocenters. The van der Waals surface area contributed by atoms with E-state index in [-0.39, 0.29) is 11.5 Å². The monoisotopic (exact) mass is 273 g/mol. The van der Waals surface area contributed by atoms with Gasteiger partial charge in [-0.25, -0.2) is 8.42 Å². The molecule has 0 aliphatic carbocycles. The number of hydrogen-bond donors (Lipinski definition) is 2. The van der Waals surface area contributed by atoms with Gasteiger partial charge in [-0.3, -0.25) is 4.79 Å². The summed E-state index contributed by atoms with van der Waals surface area (Å²) in [6.45, 7) is 1.55. The van der Waals surface area contributed by atoms with Crippen LogP contribution < -0.4 is 4.72 Å². The van der Waals surface area contributed by atoms with E-state index in [9.17, 15) is 13.2 Å². The van der Waals surface area contributed by atoms with Gasteiger partial charge in [0.15, 0.2) is 0 Å². The zero-order valence-electron chi connectivity index (χ0n) is 10.1. The van der Waals surface area contributed by atoms with Crippen molar-refractivity contribution in [2.45, 2.75) is 24.5 Å². The van der Waals surface area contributed by atoms with Gasteiger partial charge in [0.1, 0.15) is 6.04 Å². The first-order valence-corrected chi connectivity index (χ1v) is 6.68. The average molecular weight is 273 g/mol. The van der Waals surface area contributed by atoms with Gasteiger partial charge in [-0.1, -0.05) is 12.1 Å². The summed E-state index contributed by atoms with van der Waals surface area (Å²) in [4.78, 5) is 10.6. The maximum atomic E-state index is 11.9. The van der Waals surface area contributed by atoms with Crippen LogP contribution in [0.3, 0.4) is 0 Å². The van der Waals surface area contributed by atoms with Crippen LogP contribution in [-0.4, -0.2) is 32.6 Å². The standard InChI is InChI=1S/C11H15NO5S/c1-8(11(13)14)12-18(15,16)10-5-3-4-9(6-10)7-17-2/h3-6,8,12H,7H2,1-2H3,(H,13,14). The molecule has 7 heteroatoms. The summed E-state index contributed by atoms with van der Waals surface area (Å²) in [7, 11) is -2.33. The molecule has 2 N–H and O–H groups in total. The van der Waals surface area contributed by atoms with E-state index >= 15 is 0 Å². The molecular formula is C11H15NO5S. The first-order chi connectivity index (χ1) is 8.36. The van der Waals surface area contributed by atoms with Gasteiger partial charge in [0, 0.05) is 7.11 Å². The Kier molecular flexibility index (Phi) is 4.83. The Bertz CT molecular complexity index is 526. The van der Waals surface area contributed by atoms with Crippen molar-refractivity contribution in [2.24, 2.45) is 0 Å². The summed E-state index contributed by atoms with van der Waals surface area (Å²) >= 11 is 0. The number of sulfonamides is 1. The van der Waals surface area contributed by atoms with Gasteiger partial charge in [-0.05, 0) is 24.6 Å². The van der Waals surface area contributed by atoms with Crippen molar-refractivity contribution in [1.82, 2.24) is 4.72 Å². The van der Waals surface area contributed by atoms with Crippen molar-refractivity contribution in [3.8, 4) is 0 Å². The van der Waals surface area contributed by atoms with E-state index in [1.807, 2.05) is 0 Å². The molecule has 0 saturated heterocycles. The molecule has 0 saturated carbocycles. The topological polar surface area (TPSA) is 92.7 Å². The third kappa shape index (κ3) is 3.80. The van der Waals surface area contributed by atoms with Gasteiger partial charge >= 0.3 is 5.97 Å². The maximum absolute atomic E-state index is 11.9. The summed E-state index contributed by atoms with van der Waals surface area (Å²) in [5, 5.41) is 8.68. The van der Waals surface area contributed by atoms with Gasteiger partial charge in [0.05, 0.1) is 11.5 Å². The number of carboxylic acid groups (broad SMARTS) is 1. The zero-order valence-corrected chi connectivity index (χ0v) is 10.9. The molecule has 0 spiro atoms. The summed E-state index contributed by atoms with van der Waals surface area (Å²) < 4.78 is 30.8. The molecule has 6 nitrogen and oxygen atoms in total. The number of ether oxygens (including phenoxy) is 1. The summed E-state index contributed by atoms with van der Waals surface area (Å²) in [6, 6.07) is 4.97. The second-order valence-corrected chi connectivity index (χ2v) is 5.48. The molecule has 1 aromatic carbocycles. The van der Waals surface area contributed by atoms with Crippen LogP contribution in [0, 0.1) is 0 Å². The van der Waals surface area contributed by atoms with Gasteiger partial charge < -0.3 is 9.84 Å². The highest BCUT2D eigenvalue weighted by molar-refractivity contribution is 7.89. The Morgan fingerprint density at radius 2 is 2.17 bits per heavy atom. The highest BCUT2D eigenvalue weighted by atomic mass is 32.2. The SMILES string of the molecule is COCc1cccc(S(=O)(=O)NC(C)C(=O)O)c1. The molecule has 0 aliphatic heterocycles. The lowest BCUT2D eigenvalue weighted by molar-refractivity contribution is -0.138. The van der Waals surface area contributed by atoms with Crippen molar-refractivity contribution < 1.29 is 23.1 Å². The number of benzene rings is 1. The molecule has 0 radical (unpaired) electrons. The van der Waals surface area contributed by atoms with Crippen molar-refractivity contribution in [3.63, 3.8) is 0 Å². The van der Waals surface area contributed by atoms with Crippen LogP contribution in [0.5, 0.6) is 0 Å². The zero-order chi connectivity index (χ0) is 13.8. The molecule has 0 amide bonds. The molecular weight excluding hydrogens is 258 g/mol. The van der Waals surface area contributed by atoms with E-state index in [0.717, 1.165) is 0 Å². The highest BCUT2D eigenvalue weighted by Gasteiger charge is 2.21.